The fourth-order valence-electron chi connectivity index (χ4n) is 2.40. The van der Waals surface area contributed by atoms with Gasteiger partial charge in [0.1, 0.15) is 12.2 Å². The Labute approximate surface area is 115 Å². The highest BCUT2D eigenvalue weighted by Crippen LogP contribution is 2.40. The summed E-state index contributed by atoms with van der Waals surface area (Å²) in [5.41, 5.74) is 0. The first-order chi connectivity index (χ1) is 9.43. The van der Waals surface area contributed by atoms with E-state index in [2.05, 4.69) is 11.3 Å². The molecule has 0 aromatic carbocycles. The van der Waals surface area contributed by atoms with E-state index in [1.807, 2.05) is 0 Å². The standard InChI is InChI=1S/C13H16O7/c1-4-8(14)17-5-9(15)19-13-6(2)10-11(20-13)7(3)18-12(10)16/h4,6-7,10-11,13H,1,5H2,2-3H3. The molecular weight excluding hydrogens is 268 g/mol. The largest absolute Gasteiger partial charge is 0.460 e. The number of carbonyl (C=O) groups is 3. The topological polar surface area (TPSA) is 88.1 Å². The molecule has 0 radical (unpaired) electrons. The Morgan fingerprint density at radius 3 is 2.70 bits per heavy atom. The van der Waals surface area contributed by atoms with Gasteiger partial charge in [0.2, 0.25) is 6.29 Å². The molecule has 0 bridgehead atoms. The van der Waals surface area contributed by atoms with Crippen molar-refractivity contribution in [2.24, 2.45) is 11.8 Å². The van der Waals surface area contributed by atoms with Crippen molar-refractivity contribution in [2.45, 2.75) is 32.3 Å². The molecule has 2 fully saturated rings. The lowest BCUT2D eigenvalue weighted by molar-refractivity contribution is -0.192. The first-order valence-corrected chi connectivity index (χ1v) is 6.28. The molecule has 0 aliphatic carbocycles. The lowest BCUT2D eigenvalue weighted by atomic mass is 9.92. The molecule has 0 amide bonds. The third-order valence-electron chi connectivity index (χ3n) is 3.42. The first-order valence-electron chi connectivity index (χ1n) is 6.28. The molecule has 7 nitrogen and oxygen atoms in total. The van der Waals surface area contributed by atoms with Gasteiger partial charge in [0.25, 0.3) is 0 Å². The van der Waals surface area contributed by atoms with Crippen LogP contribution in [0.5, 0.6) is 0 Å². The molecule has 110 valence electrons. The Balaban J connectivity index is 1.89. The zero-order valence-electron chi connectivity index (χ0n) is 11.2. The Morgan fingerprint density at radius 1 is 1.40 bits per heavy atom. The van der Waals surface area contributed by atoms with Gasteiger partial charge in [-0.15, -0.1) is 0 Å². The second kappa shape index (κ2) is 5.62. The molecule has 2 saturated heterocycles. The summed E-state index contributed by atoms with van der Waals surface area (Å²) in [4.78, 5) is 34.0. The molecule has 2 rings (SSSR count). The number of hydrogen-bond acceptors (Lipinski definition) is 7. The summed E-state index contributed by atoms with van der Waals surface area (Å²) >= 11 is 0. The van der Waals surface area contributed by atoms with Crippen molar-refractivity contribution in [1.29, 1.82) is 0 Å². The van der Waals surface area contributed by atoms with Crippen molar-refractivity contribution < 1.29 is 33.3 Å². The van der Waals surface area contributed by atoms with Crippen molar-refractivity contribution in [3.63, 3.8) is 0 Å². The summed E-state index contributed by atoms with van der Waals surface area (Å²) in [6, 6.07) is 0. The summed E-state index contributed by atoms with van der Waals surface area (Å²) in [6.45, 7) is 6.16. The van der Waals surface area contributed by atoms with Crippen LogP contribution in [-0.4, -0.2) is 43.0 Å². The van der Waals surface area contributed by atoms with Crippen LogP contribution >= 0.6 is 0 Å². The Bertz CT molecular complexity index is 444. The van der Waals surface area contributed by atoms with E-state index in [-0.39, 0.29) is 18.0 Å². The molecule has 2 aliphatic rings. The number of fused-ring (bicyclic) bond motifs is 1. The number of rotatable bonds is 4. The highest BCUT2D eigenvalue weighted by Gasteiger charge is 2.55. The van der Waals surface area contributed by atoms with Gasteiger partial charge in [0.05, 0.1) is 5.92 Å². The molecule has 0 N–H and O–H groups in total. The van der Waals surface area contributed by atoms with E-state index in [9.17, 15) is 14.4 Å². The van der Waals surface area contributed by atoms with Crippen LogP contribution in [0, 0.1) is 11.8 Å². The molecule has 7 heteroatoms. The van der Waals surface area contributed by atoms with E-state index in [1.54, 1.807) is 13.8 Å². The zero-order chi connectivity index (χ0) is 14.9. The van der Waals surface area contributed by atoms with Gasteiger partial charge in [-0.3, -0.25) is 4.79 Å². The van der Waals surface area contributed by atoms with Crippen LogP contribution in [0.1, 0.15) is 13.8 Å². The van der Waals surface area contributed by atoms with Crippen LogP contribution in [0.4, 0.5) is 0 Å². The van der Waals surface area contributed by atoms with Crippen LogP contribution in [-0.2, 0) is 33.3 Å². The van der Waals surface area contributed by atoms with Crippen molar-refractivity contribution in [2.75, 3.05) is 6.61 Å². The Morgan fingerprint density at radius 2 is 2.10 bits per heavy atom. The predicted molar refractivity (Wildman–Crippen MR) is 64.1 cm³/mol. The van der Waals surface area contributed by atoms with Gasteiger partial charge in [-0.1, -0.05) is 13.5 Å². The second-order valence-electron chi connectivity index (χ2n) is 4.80. The third-order valence-corrected chi connectivity index (χ3v) is 3.42. The SMILES string of the molecule is C=CC(=O)OCC(=O)OC1OC2C(C)OC(=O)C2C1C. The molecule has 0 aromatic heterocycles. The molecule has 2 aliphatic heterocycles. The van der Waals surface area contributed by atoms with Gasteiger partial charge in [-0.2, -0.15) is 0 Å². The fourth-order valence-corrected chi connectivity index (χ4v) is 2.40. The highest BCUT2D eigenvalue weighted by atomic mass is 16.7. The number of hydrogen-bond donors (Lipinski definition) is 0. The van der Waals surface area contributed by atoms with Crippen molar-refractivity contribution >= 4 is 17.9 Å². The van der Waals surface area contributed by atoms with Crippen LogP contribution in [0.2, 0.25) is 0 Å². The minimum absolute atomic E-state index is 0.309. The minimum Gasteiger partial charge on any atom is -0.460 e. The van der Waals surface area contributed by atoms with Crippen LogP contribution < -0.4 is 0 Å². The summed E-state index contributed by atoms with van der Waals surface area (Å²) in [6.07, 6.45) is -0.664. The molecule has 20 heavy (non-hydrogen) atoms. The fraction of sp³-hybridized carbons (Fsp3) is 0.615. The Hall–Kier alpha value is -1.89. The van der Waals surface area contributed by atoms with Gasteiger partial charge in [0.15, 0.2) is 6.61 Å². The maximum absolute atomic E-state index is 11.6. The van der Waals surface area contributed by atoms with Crippen molar-refractivity contribution in [3.05, 3.63) is 12.7 Å². The minimum atomic E-state index is -0.838. The highest BCUT2D eigenvalue weighted by molar-refractivity contribution is 5.83. The maximum Gasteiger partial charge on any atom is 0.346 e. The zero-order valence-corrected chi connectivity index (χ0v) is 11.2. The van der Waals surface area contributed by atoms with Gasteiger partial charge >= 0.3 is 17.9 Å². The third kappa shape index (κ3) is 2.67. The lowest BCUT2D eigenvalue weighted by Crippen LogP contribution is -2.29. The van der Waals surface area contributed by atoms with Gasteiger partial charge in [-0.25, -0.2) is 9.59 Å². The van der Waals surface area contributed by atoms with Crippen LogP contribution in [0.3, 0.4) is 0 Å². The van der Waals surface area contributed by atoms with E-state index in [0.29, 0.717) is 0 Å². The summed E-state index contributed by atoms with van der Waals surface area (Å²) < 4.78 is 20.2. The quantitative estimate of drug-likeness (QED) is 0.413. The first kappa shape index (κ1) is 14.5. The Kier molecular flexibility index (Phi) is 4.08. The van der Waals surface area contributed by atoms with Crippen LogP contribution in [0.15, 0.2) is 12.7 Å². The van der Waals surface area contributed by atoms with Gasteiger partial charge in [-0.05, 0) is 6.92 Å². The molecule has 5 atom stereocenters. The van der Waals surface area contributed by atoms with Gasteiger partial charge in [0, 0.05) is 12.0 Å². The van der Waals surface area contributed by atoms with E-state index in [1.165, 1.54) is 0 Å². The average molecular weight is 284 g/mol. The monoisotopic (exact) mass is 284 g/mol. The van der Waals surface area contributed by atoms with Crippen LogP contribution in [0.25, 0.3) is 0 Å². The number of cyclic esters (lactones) is 1. The number of ether oxygens (including phenoxy) is 4. The average Bonchev–Trinajstić information content (AvgIpc) is 2.87. The van der Waals surface area contributed by atoms with E-state index in [0.717, 1.165) is 6.08 Å². The van der Waals surface area contributed by atoms with E-state index < -0.39 is 36.9 Å². The lowest BCUT2D eigenvalue weighted by Gasteiger charge is -2.18. The van der Waals surface area contributed by atoms with E-state index >= 15 is 0 Å². The van der Waals surface area contributed by atoms with Crippen molar-refractivity contribution in [3.8, 4) is 0 Å². The molecule has 5 unspecified atom stereocenters. The molecular formula is C13H16O7. The summed E-state index contributed by atoms with van der Waals surface area (Å²) in [5.74, 6) is -2.53. The van der Waals surface area contributed by atoms with Gasteiger partial charge < -0.3 is 18.9 Å². The smallest absolute Gasteiger partial charge is 0.346 e. The molecule has 0 saturated carbocycles. The summed E-state index contributed by atoms with van der Waals surface area (Å²) in [5, 5.41) is 0. The predicted octanol–water partition coefficient (Wildman–Crippen LogP) is 0.181. The molecule has 2 heterocycles. The maximum atomic E-state index is 11.6. The summed E-state index contributed by atoms with van der Waals surface area (Å²) in [7, 11) is 0. The number of esters is 3. The molecule has 0 spiro atoms. The second-order valence-corrected chi connectivity index (χ2v) is 4.80. The normalized spacial score (nSPS) is 35.1. The van der Waals surface area contributed by atoms with Crippen molar-refractivity contribution in [1.82, 2.24) is 0 Å². The van der Waals surface area contributed by atoms with E-state index in [4.69, 9.17) is 14.2 Å². The molecule has 0 aromatic rings. The number of carbonyl (C=O) groups excluding carboxylic acids is 3.